The summed E-state index contributed by atoms with van der Waals surface area (Å²) in [5.74, 6) is -0.750. The largest absolute Gasteiger partial charge is 0.477 e. The molecule has 0 bridgehead atoms. The van der Waals surface area contributed by atoms with Crippen LogP contribution in [-0.4, -0.2) is 16.1 Å². The topological polar surface area (TPSA) is 59.4 Å². The molecule has 0 fully saturated rings. The number of carboxylic acids is 1. The fraction of sp³-hybridized carbons (Fsp3) is 0. The SMILES string of the molecule is O=C(O)c1ccc(-c2ccccc2)nc1Oc1ccccc1Cl. The maximum Gasteiger partial charge on any atom is 0.341 e. The monoisotopic (exact) mass is 325 g/mol. The van der Waals surface area contributed by atoms with Gasteiger partial charge in [-0.05, 0) is 24.3 Å². The number of rotatable bonds is 4. The van der Waals surface area contributed by atoms with Gasteiger partial charge in [-0.15, -0.1) is 0 Å². The quantitative estimate of drug-likeness (QED) is 0.741. The Labute approximate surface area is 138 Å². The molecule has 0 aliphatic heterocycles. The van der Waals surface area contributed by atoms with Crippen LogP contribution in [-0.2, 0) is 0 Å². The predicted octanol–water partition coefficient (Wildman–Crippen LogP) is 4.89. The van der Waals surface area contributed by atoms with Crippen LogP contribution in [0.3, 0.4) is 0 Å². The van der Waals surface area contributed by atoms with Crippen molar-refractivity contribution in [2.45, 2.75) is 0 Å². The second-order valence-corrected chi connectivity index (χ2v) is 5.16. The van der Waals surface area contributed by atoms with Gasteiger partial charge >= 0.3 is 5.97 Å². The number of pyridine rings is 1. The van der Waals surface area contributed by atoms with Crippen molar-refractivity contribution in [2.75, 3.05) is 0 Å². The number of ether oxygens (including phenoxy) is 1. The van der Waals surface area contributed by atoms with Gasteiger partial charge < -0.3 is 9.84 Å². The third-order valence-corrected chi connectivity index (χ3v) is 3.52. The summed E-state index contributed by atoms with van der Waals surface area (Å²) >= 11 is 6.06. The zero-order valence-electron chi connectivity index (χ0n) is 11.9. The van der Waals surface area contributed by atoms with E-state index < -0.39 is 5.97 Å². The summed E-state index contributed by atoms with van der Waals surface area (Å²) in [5.41, 5.74) is 1.47. The number of aromatic nitrogens is 1. The molecule has 1 N–H and O–H groups in total. The van der Waals surface area contributed by atoms with Crippen molar-refractivity contribution >= 4 is 17.6 Å². The smallest absolute Gasteiger partial charge is 0.341 e. The lowest BCUT2D eigenvalue weighted by molar-refractivity contribution is 0.0693. The molecule has 0 saturated heterocycles. The van der Waals surface area contributed by atoms with Crippen molar-refractivity contribution in [3.05, 3.63) is 77.3 Å². The number of para-hydroxylation sites is 1. The molecule has 23 heavy (non-hydrogen) atoms. The van der Waals surface area contributed by atoms with Crippen LogP contribution in [0, 0.1) is 0 Å². The van der Waals surface area contributed by atoms with Gasteiger partial charge in [0.25, 0.3) is 0 Å². The minimum Gasteiger partial charge on any atom is -0.477 e. The van der Waals surface area contributed by atoms with Gasteiger partial charge in [0, 0.05) is 5.56 Å². The first-order chi connectivity index (χ1) is 11.1. The lowest BCUT2D eigenvalue weighted by Gasteiger charge is -2.11. The standard InChI is InChI=1S/C18H12ClNO3/c19-14-8-4-5-9-16(14)23-17-13(18(21)22)10-11-15(20-17)12-6-2-1-3-7-12/h1-11H,(H,21,22). The minimum atomic E-state index is -1.11. The van der Waals surface area contributed by atoms with Gasteiger partial charge in [-0.25, -0.2) is 9.78 Å². The summed E-state index contributed by atoms with van der Waals surface area (Å²) in [5, 5.41) is 9.71. The molecule has 3 aromatic rings. The third-order valence-electron chi connectivity index (χ3n) is 3.20. The van der Waals surface area contributed by atoms with Gasteiger partial charge in [0.15, 0.2) is 0 Å². The number of carbonyl (C=O) groups is 1. The Hall–Kier alpha value is -2.85. The Morgan fingerprint density at radius 1 is 0.957 bits per heavy atom. The Kier molecular flexibility index (Phi) is 4.26. The van der Waals surface area contributed by atoms with E-state index in [1.165, 1.54) is 6.07 Å². The summed E-state index contributed by atoms with van der Waals surface area (Å²) in [7, 11) is 0. The number of benzene rings is 2. The van der Waals surface area contributed by atoms with E-state index in [4.69, 9.17) is 16.3 Å². The maximum atomic E-state index is 11.4. The molecule has 5 heteroatoms. The Morgan fingerprint density at radius 2 is 1.65 bits per heavy atom. The summed E-state index contributed by atoms with van der Waals surface area (Å²) in [6.07, 6.45) is 0. The second kappa shape index (κ2) is 6.50. The molecule has 114 valence electrons. The predicted molar refractivity (Wildman–Crippen MR) is 88.2 cm³/mol. The van der Waals surface area contributed by atoms with Crippen molar-refractivity contribution in [3.8, 4) is 22.9 Å². The first-order valence-corrected chi connectivity index (χ1v) is 7.25. The van der Waals surface area contributed by atoms with E-state index in [9.17, 15) is 9.90 Å². The van der Waals surface area contributed by atoms with Crippen molar-refractivity contribution in [3.63, 3.8) is 0 Å². The van der Waals surface area contributed by atoms with E-state index >= 15 is 0 Å². The fourth-order valence-corrected chi connectivity index (χ4v) is 2.26. The average molecular weight is 326 g/mol. The van der Waals surface area contributed by atoms with Crippen LogP contribution in [0.4, 0.5) is 0 Å². The van der Waals surface area contributed by atoms with Crippen molar-refractivity contribution < 1.29 is 14.6 Å². The Morgan fingerprint density at radius 3 is 2.35 bits per heavy atom. The molecular weight excluding hydrogens is 314 g/mol. The summed E-state index contributed by atoms with van der Waals surface area (Å²) in [6.45, 7) is 0. The van der Waals surface area contributed by atoms with Crippen LogP contribution in [0.15, 0.2) is 66.7 Å². The zero-order chi connectivity index (χ0) is 16.2. The number of nitrogens with zero attached hydrogens (tertiary/aromatic N) is 1. The normalized spacial score (nSPS) is 10.3. The van der Waals surface area contributed by atoms with Crippen LogP contribution >= 0.6 is 11.6 Å². The lowest BCUT2D eigenvalue weighted by atomic mass is 10.1. The van der Waals surface area contributed by atoms with Crippen LogP contribution < -0.4 is 4.74 Å². The van der Waals surface area contributed by atoms with Gasteiger partial charge in [0.2, 0.25) is 5.88 Å². The summed E-state index contributed by atoms with van der Waals surface area (Å²) in [4.78, 5) is 15.7. The van der Waals surface area contributed by atoms with Gasteiger partial charge in [0.1, 0.15) is 11.3 Å². The molecule has 0 aliphatic carbocycles. The van der Waals surface area contributed by atoms with Crippen molar-refractivity contribution in [2.24, 2.45) is 0 Å². The van der Waals surface area contributed by atoms with E-state index in [0.717, 1.165) is 5.56 Å². The first-order valence-electron chi connectivity index (χ1n) is 6.87. The van der Waals surface area contributed by atoms with Crippen LogP contribution in [0.5, 0.6) is 11.6 Å². The average Bonchev–Trinajstić information content (AvgIpc) is 2.57. The van der Waals surface area contributed by atoms with Gasteiger partial charge in [-0.2, -0.15) is 0 Å². The Balaban J connectivity index is 2.06. The van der Waals surface area contributed by atoms with Gasteiger partial charge in [0.05, 0.1) is 10.7 Å². The molecule has 0 unspecified atom stereocenters. The molecule has 4 nitrogen and oxygen atoms in total. The van der Waals surface area contributed by atoms with E-state index in [1.807, 2.05) is 30.3 Å². The Bertz CT molecular complexity index is 850. The highest BCUT2D eigenvalue weighted by atomic mass is 35.5. The highest BCUT2D eigenvalue weighted by Crippen LogP contribution is 2.31. The summed E-state index contributed by atoms with van der Waals surface area (Å²) in [6, 6.07) is 19.4. The highest BCUT2D eigenvalue weighted by Gasteiger charge is 2.16. The summed E-state index contributed by atoms with van der Waals surface area (Å²) < 4.78 is 5.64. The van der Waals surface area contributed by atoms with E-state index in [0.29, 0.717) is 16.5 Å². The molecule has 0 aliphatic rings. The molecule has 0 radical (unpaired) electrons. The van der Waals surface area contributed by atoms with E-state index in [-0.39, 0.29) is 11.4 Å². The first kappa shape index (κ1) is 15.1. The lowest BCUT2D eigenvalue weighted by Crippen LogP contribution is -2.03. The number of hydrogen-bond acceptors (Lipinski definition) is 3. The maximum absolute atomic E-state index is 11.4. The molecular formula is C18H12ClNO3. The number of aromatic carboxylic acids is 1. The number of hydrogen-bond donors (Lipinski definition) is 1. The zero-order valence-corrected chi connectivity index (χ0v) is 12.7. The molecule has 2 aromatic carbocycles. The molecule has 1 heterocycles. The highest BCUT2D eigenvalue weighted by molar-refractivity contribution is 6.32. The van der Waals surface area contributed by atoms with Crippen molar-refractivity contribution in [1.82, 2.24) is 4.98 Å². The number of halogens is 1. The molecule has 0 atom stereocenters. The molecule has 1 aromatic heterocycles. The van der Waals surface area contributed by atoms with E-state index in [2.05, 4.69) is 4.98 Å². The second-order valence-electron chi connectivity index (χ2n) is 4.75. The minimum absolute atomic E-state index is 0.00644. The molecule has 3 rings (SSSR count). The molecule has 0 spiro atoms. The van der Waals surface area contributed by atoms with Gasteiger partial charge in [-0.1, -0.05) is 54.1 Å². The van der Waals surface area contributed by atoms with Crippen LogP contribution in [0.1, 0.15) is 10.4 Å². The fourth-order valence-electron chi connectivity index (χ4n) is 2.08. The van der Waals surface area contributed by atoms with Crippen LogP contribution in [0.2, 0.25) is 5.02 Å². The van der Waals surface area contributed by atoms with Crippen LogP contribution in [0.25, 0.3) is 11.3 Å². The van der Waals surface area contributed by atoms with Gasteiger partial charge in [-0.3, -0.25) is 0 Å². The number of carboxylic acid groups (broad SMARTS) is 1. The van der Waals surface area contributed by atoms with E-state index in [1.54, 1.807) is 30.3 Å². The van der Waals surface area contributed by atoms with Crippen molar-refractivity contribution in [1.29, 1.82) is 0 Å². The third kappa shape index (κ3) is 3.33. The molecule has 0 amide bonds. The molecule has 0 saturated carbocycles.